The van der Waals surface area contributed by atoms with Crippen LogP contribution in [0.5, 0.6) is 0 Å². The number of pyridine rings is 1. The van der Waals surface area contributed by atoms with Crippen LogP contribution in [0.2, 0.25) is 10.2 Å². The van der Waals surface area contributed by atoms with Gasteiger partial charge in [0.2, 0.25) is 0 Å². The van der Waals surface area contributed by atoms with Gasteiger partial charge in [-0.05, 0) is 22.0 Å². The maximum atomic E-state index is 12.2. The summed E-state index contributed by atoms with van der Waals surface area (Å²) in [5.74, 6) is 0. The molecule has 0 unspecified atom stereocenters. The Morgan fingerprint density at radius 3 is 2.50 bits per heavy atom. The first-order valence-electron chi connectivity index (χ1n) is 2.82. The molecule has 0 aromatic carbocycles. The lowest BCUT2D eigenvalue weighted by Gasteiger charge is -2.03. The van der Waals surface area contributed by atoms with E-state index in [1.165, 1.54) is 0 Å². The third-order valence-corrected chi connectivity index (χ3v) is 2.32. The predicted molar refractivity (Wildman–Crippen MR) is 46.9 cm³/mol. The van der Waals surface area contributed by atoms with Gasteiger partial charge in [0.05, 0.1) is 5.02 Å². The molecule has 0 saturated carbocycles. The Morgan fingerprint density at radius 2 is 2.00 bits per heavy atom. The molecular formula is C6H2BrCl2F2N. The minimum absolute atomic E-state index is 0.124. The Kier molecular flexibility index (Phi) is 3.26. The van der Waals surface area contributed by atoms with Crippen LogP contribution in [0.15, 0.2) is 10.7 Å². The van der Waals surface area contributed by atoms with Crippen molar-refractivity contribution in [3.05, 3.63) is 26.4 Å². The highest BCUT2D eigenvalue weighted by Crippen LogP contribution is 2.33. The number of nitrogens with zero attached hydrogens (tertiary/aromatic N) is 1. The molecule has 0 aliphatic heterocycles. The number of hydrogen-bond donors (Lipinski definition) is 0. The van der Waals surface area contributed by atoms with Gasteiger partial charge in [-0.25, -0.2) is 13.8 Å². The van der Waals surface area contributed by atoms with E-state index in [1.807, 2.05) is 0 Å². The van der Waals surface area contributed by atoms with Crippen molar-refractivity contribution >= 4 is 39.1 Å². The fraction of sp³-hybridized carbons (Fsp3) is 0.167. The zero-order chi connectivity index (χ0) is 9.30. The first kappa shape index (κ1) is 10.2. The molecule has 0 saturated heterocycles. The lowest BCUT2D eigenvalue weighted by molar-refractivity contribution is 0.151. The molecule has 12 heavy (non-hydrogen) atoms. The van der Waals surface area contributed by atoms with Gasteiger partial charge >= 0.3 is 0 Å². The maximum absolute atomic E-state index is 12.2. The quantitative estimate of drug-likeness (QED) is 0.704. The monoisotopic (exact) mass is 275 g/mol. The third kappa shape index (κ3) is 2.06. The van der Waals surface area contributed by atoms with E-state index in [-0.39, 0.29) is 20.3 Å². The van der Waals surface area contributed by atoms with Crippen LogP contribution in [-0.2, 0) is 0 Å². The summed E-state index contributed by atoms with van der Waals surface area (Å²) in [5.41, 5.74) is -0.316. The van der Waals surface area contributed by atoms with Crippen molar-refractivity contribution in [2.75, 3.05) is 0 Å². The summed E-state index contributed by atoms with van der Waals surface area (Å²) < 4.78 is 24.6. The Balaban J connectivity index is 3.28. The molecule has 0 N–H and O–H groups in total. The molecule has 1 aromatic rings. The number of halogens is 5. The van der Waals surface area contributed by atoms with Crippen LogP contribution in [0.3, 0.4) is 0 Å². The van der Waals surface area contributed by atoms with E-state index in [0.29, 0.717) is 0 Å². The van der Waals surface area contributed by atoms with Crippen LogP contribution in [0.4, 0.5) is 8.78 Å². The van der Waals surface area contributed by atoms with E-state index < -0.39 is 6.43 Å². The highest BCUT2D eigenvalue weighted by molar-refractivity contribution is 9.10. The number of aromatic nitrogens is 1. The van der Waals surface area contributed by atoms with Crippen LogP contribution >= 0.6 is 39.1 Å². The second-order valence-electron chi connectivity index (χ2n) is 1.94. The van der Waals surface area contributed by atoms with Crippen LogP contribution in [0.1, 0.15) is 12.0 Å². The summed E-state index contributed by atoms with van der Waals surface area (Å²) in [6.07, 6.45) is -2.64. The standard InChI is InChI=1S/C6H2BrCl2F2N/c7-3-1-2(6(10)11)4(8)5(9)12-3/h1,6H. The Bertz CT molecular complexity index is 306. The molecule has 1 aromatic heterocycles. The minimum atomic E-state index is -2.64. The van der Waals surface area contributed by atoms with E-state index in [1.54, 1.807) is 0 Å². The second-order valence-corrected chi connectivity index (χ2v) is 3.49. The first-order valence-corrected chi connectivity index (χ1v) is 4.37. The summed E-state index contributed by atoms with van der Waals surface area (Å²) in [4.78, 5) is 3.63. The summed E-state index contributed by atoms with van der Waals surface area (Å²) in [5, 5.41) is -0.323. The summed E-state index contributed by atoms with van der Waals surface area (Å²) in [6, 6.07) is 1.14. The van der Waals surface area contributed by atoms with Gasteiger partial charge in [-0.2, -0.15) is 0 Å². The van der Waals surface area contributed by atoms with Crippen LogP contribution in [-0.4, -0.2) is 4.98 Å². The Labute approximate surface area is 85.8 Å². The van der Waals surface area contributed by atoms with Crippen molar-refractivity contribution < 1.29 is 8.78 Å². The SMILES string of the molecule is FC(F)c1cc(Br)nc(Cl)c1Cl. The van der Waals surface area contributed by atoms with E-state index in [2.05, 4.69) is 20.9 Å². The summed E-state index contributed by atoms with van der Waals surface area (Å²) in [6.45, 7) is 0. The zero-order valence-electron chi connectivity index (χ0n) is 5.49. The van der Waals surface area contributed by atoms with Crippen molar-refractivity contribution in [3.63, 3.8) is 0 Å². The van der Waals surface area contributed by atoms with Gasteiger partial charge in [0.1, 0.15) is 9.76 Å². The first-order chi connectivity index (χ1) is 5.52. The molecule has 6 heteroatoms. The van der Waals surface area contributed by atoms with Crippen molar-refractivity contribution in [3.8, 4) is 0 Å². The van der Waals surface area contributed by atoms with Gasteiger partial charge < -0.3 is 0 Å². The average molecular weight is 277 g/mol. The van der Waals surface area contributed by atoms with Crippen molar-refractivity contribution in [1.82, 2.24) is 4.98 Å². The molecule has 0 aliphatic rings. The molecular weight excluding hydrogens is 275 g/mol. The Morgan fingerprint density at radius 1 is 1.42 bits per heavy atom. The summed E-state index contributed by atoms with van der Waals surface area (Å²) >= 11 is 13.8. The van der Waals surface area contributed by atoms with Crippen molar-refractivity contribution in [2.24, 2.45) is 0 Å². The average Bonchev–Trinajstić information content (AvgIpc) is 1.96. The third-order valence-electron chi connectivity index (χ3n) is 1.15. The van der Waals surface area contributed by atoms with Gasteiger partial charge in [-0.15, -0.1) is 0 Å². The molecule has 0 bridgehead atoms. The molecule has 1 heterocycles. The second kappa shape index (κ2) is 3.85. The highest BCUT2D eigenvalue weighted by atomic mass is 79.9. The lowest BCUT2D eigenvalue weighted by atomic mass is 10.3. The smallest absolute Gasteiger partial charge is 0.228 e. The van der Waals surface area contributed by atoms with Gasteiger partial charge in [-0.1, -0.05) is 23.2 Å². The largest absolute Gasteiger partial charge is 0.265 e. The molecule has 1 nitrogen and oxygen atoms in total. The normalized spacial score (nSPS) is 10.8. The molecule has 0 radical (unpaired) electrons. The fourth-order valence-electron chi connectivity index (χ4n) is 0.645. The number of hydrogen-bond acceptors (Lipinski definition) is 1. The fourth-order valence-corrected chi connectivity index (χ4v) is 1.55. The molecule has 0 spiro atoms. The van der Waals surface area contributed by atoms with Crippen molar-refractivity contribution in [2.45, 2.75) is 6.43 Å². The van der Waals surface area contributed by atoms with Crippen LogP contribution in [0, 0.1) is 0 Å². The highest BCUT2D eigenvalue weighted by Gasteiger charge is 2.16. The van der Waals surface area contributed by atoms with Gasteiger partial charge in [-0.3, -0.25) is 0 Å². The topological polar surface area (TPSA) is 12.9 Å². The molecule has 0 aliphatic carbocycles. The predicted octanol–water partition coefficient (Wildman–Crippen LogP) is 4.09. The van der Waals surface area contributed by atoms with Gasteiger partial charge in [0.25, 0.3) is 6.43 Å². The minimum Gasteiger partial charge on any atom is -0.228 e. The molecule has 66 valence electrons. The Hall–Kier alpha value is 0.0700. The molecule has 0 amide bonds. The van der Waals surface area contributed by atoms with Gasteiger partial charge in [0.15, 0.2) is 0 Å². The van der Waals surface area contributed by atoms with E-state index in [4.69, 9.17) is 23.2 Å². The molecule has 0 atom stereocenters. The lowest BCUT2D eigenvalue weighted by Crippen LogP contribution is -1.89. The molecule has 0 fully saturated rings. The van der Waals surface area contributed by atoms with E-state index >= 15 is 0 Å². The number of rotatable bonds is 1. The molecule has 1 rings (SSSR count). The van der Waals surface area contributed by atoms with Crippen molar-refractivity contribution in [1.29, 1.82) is 0 Å². The van der Waals surface area contributed by atoms with Crippen LogP contribution in [0.25, 0.3) is 0 Å². The van der Waals surface area contributed by atoms with Crippen LogP contribution < -0.4 is 0 Å². The zero-order valence-corrected chi connectivity index (χ0v) is 8.59. The van der Waals surface area contributed by atoms with Gasteiger partial charge in [0, 0.05) is 5.56 Å². The van der Waals surface area contributed by atoms with E-state index in [0.717, 1.165) is 6.07 Å². The van der Waals surface area contributed by atoms with E-state index in [9.17, 15) is 8.78 Å². The summed E-state index contributed by atoms with van der Waals surface area (Å²) in [7, 11) is 0. The maximum Gasteiger partial charge on any atom is 0.265 e. The number of alkyl halides is 2.